The molecule has 0 aromatic heterocycles. The Morgan fingerprint density at radius 1 is 1.31 bits per heavy atom. The summed E-state index contributed by atoms with van der Waals surface area (Å²) in [4.78, 5) is 2.52. The zero-order chi connectivity index (χ0) is 11.2. The van der Waals surface area contributed by atoms with E-state index in [4.69, 9.17) is 11.6 Å². The molecule has 3 rings (SSSR count). The molecule has 2 bridgehead atoms. The van der Waals surface area contributed by atoms with Crippen LogP contribution in [0.2, 0.25) is 5.02 Å². The molecule has 2 heteroatoms. The van der Waals surface area contributed by atoms with Gasteiger partial charge in [0.1, 0.15) is 0 Å². The van der Waals surface area contributed by atoms with Crippen molar-refractivity contribution in [3.8, 4) is 0 Å². The van der Waals surface area contributed by atoms with Crippen molar-refractivity contribution in [3.05, 3.63) is 47.0 Å². The van der Waals surface area contributed by atoms with Gasteiger partial charge in [0.25, 0.3) is 0 Å². The lowest BCUT2D eigenvalue weighted by atomic mass is 9.86. The molecule has 0 radical (unpaired) electrons. The molecule has 16 heavy (non-hydrogen) atoms. The molecule has 2 aliphatic heterocycles. The number of halogens is 1. The SMILES string of the molecule is CN1C2CC=CC1(c1ccc(Cl)cc1)CC2. The average molecular weight is 234 g/mol. The Bertz CT molecular complexity index is 423. The molecule has 2 heterocycles. The maximum absolute atomic E-state index is 5.95. The fourth-order valence-electron chi connectivity index (χ4n) is 3.16. The zero-order valence-electron chi connectivity index (χ0n) is 9.49. The first-order valence-electron chi connectivity index (χ1n) is 5.89. The predicted octanol–water partition coefficient (Wildman–Crippen LogP) is 3.59. The Morgan fingerprint density at radius 3 is 2.81 bits per heavy atom. The van der Waals surface area contributed by atoms with Crippen molar-refractivity contribution in [1.29, 1.82) is 0 Å². The van der Waals surface area contributed by atoms with Gasteiger partial charge in [-0.2, -0.15) is 0 Å². The second-order valence-electron chi connectivity index (χ2n) is 4.87. The Hall–Kier alpha value is -0.790. The number of benzene rings is 1. The van der Waals surface area contributed by atoms with Crippen LogP contribution in [-0.4, -0.2) is 18.0 Å². The Labute approximate surface area is 102 Å². The normalized spacial score (nSPS) is 33.2. The molecule has 0 spiro atoms. The fourth-order valence-corrected chi connectivity index (χ4v) is 3.29. The van der Waals surface area contributed by atoms with Gasteiger partial charge in [-0.05, 0) is 44.0 Å². The summed E-state index contributed by atoms with van der Waals surface area (Å²) < 4.78 is 0. The summed E-state index contributed by atoms with van der Waals surface area (Å²) in [5, 5.41) is 0.817. The van der Waals surface area contributed by atoms with Crippen LogP contribution in [0, 0.1) is 0 Å². The van der Waals surface area contributed by atoms with Crippen molar-refractivity contribution < 1.29 is 0 Å². The van der Waals surface area contributed by atoms with Crippen LogP contribution in [0.25, 0.3) is 0 Å². The highest BCUT2D eigenvalue weighted by Crippen LogP contribution is 2.46. The van der Waals surface area contributed by atoms with Gasteiger partial charge >= 0.3 is 0 Å². The van der Waals surface area contributed by atoms with E-state index in [1.165, 1.54) is 24.8 Å². The van der Waals surface area contributed by atoms with Crippen molar-refractivity contribution in [2.24, 2.45) is 0 Å². The monoisotopic (exact) mass is 233 g/mol. The lowest BCUT2D eigenvalue weighted by molar-refractivity contribution is 0.168. The minimum atomic E-state index is 0.132. The maximum Gasteiger partial charge on any atom is 0.0646 e. The van der Waals surface area contributed by atoms with Gasteiger partial charge in [-0.1, -0.05) is 35.9 Å². The lowest BCUT2D eigenvalue weighted by Crippen LogP contribution is -2.42. The summed E-state index contributed by atoms with van der Waals surface area (Å²) in [5.74, 6) is 0. The van der Waals surface area contributed by atoms with E-state index < -0.39 is 0 Å². The summed E-state index contributed by atoms with van der Waals surface area (Å²) in [5.41, 5.74) is 1.51. The number of rotatable bonds is 1. The second-order valence-corrected chi connectivity index (χ2v) is 5.31. The summed E-state index contributed by atoms with van der Waals surface area (Å²) in [6, 6.07) is 9.04. The minimum Gasteiger partial charge on any atom is -0.290 e. The maximum atomic E-state index is 5.95. The standard InChI is InChI=1S/C14H16ClN/c1-16-13-3-2-9-14(16,10-8-13)11-4-6-12(15)7-5-11/h2,4-7,9,13H,3,8,10H2,1H3. The molecular weight excluding hydrogens is 218 g/mol. The quantitative estimate of drug-likeness (QED) is 0.670. The van der Waals surface area contributed by atoms with Gasteiger partial charge in [0.2, 0.25) is 0 Å². The topological polar surface area (TPSA) is 3.24 Å². The Balaban J connectivity index is 2.07. The largest absolute Gasteiger partial charge is 0.290 e. The van der Waals surface area contributed by atoms with Crippen LogP contribution in [0.1, 0.15) is 24.8 Å². The van der Waals surface area contributed by atoms with E-state index in [1.54, 1.807) is 0 Å². The van der Waals surface area contributed by atoms with Gasteiger partial charge in [0, 0.05) is 11.1 Å². The zero-order valence-corrected chi connectivity index (χ0v) is 10.2. The molecule has 2 unspecified atom stereocenters. The fraction of sp³-hybridized carbons (Fsp3) is 0.429. The molecule has 1 aromatic rings. The molecule has 2 aliphatic rings. The summed E-state index contributed by atoms with van der Waals surface area (Å²) in [6.45, 7) is 0. The molecule has 1 aromatic carbocycles. The molecule has 1 nitrogen and oxygen atoms in total. The van der Waals surface area contributed by atoms with E-state index in [1.807, 2.05) is 12.1 Å². The van der Waals surface area contributed by atoms with Gasteiger partial charge in [-0.25, -0.2) is 0 Å². The average Bonchev–Trinajstić information content (AvgIpc) is 2.52. The molecule has 84 valence electrons. The third kappa shape index (κ3) is 1.35. The van der Waals surface area contributed by atoms with Crippen molar-refractivity contribution >= 4 is 11.6 Å². The molecular formula is C14H16ClN. The highest BCUT2D eigenvalue weighted by atomic mass is 35.5. The summed E-state index contributed by atoms with van der Waals surface area (Å²) in [6.07, 6.45) is 8.44. The smallest absolute Gasteiger partial charge is 0.0646 e. The molecule has 1 saturated heterocycles. The molecule has 0 amide bonds. The van der Waals surface area contributed by atoms with E-state index in [2.05, 4.69) is 36.2 Å². The van der Waals surface area contributed by atoms with Crippen molar-refractivity contribution in [2.45, 2.75) is 30.8 Å². The van der Waals surface area contributed by atoms with Crippen LogP contribution < -0.4 is 0 Å². The number of likely N-dealkylation sites (N-methyl/N-ethyl adjacent to an activating group) is 1. The first kappa shape index (κ1) is 10.4. The number of fused-ring (bicyclic) bond motifs is 2. The second kappa shape index (κ2) is 3.61. The van der Waals surface area contributed by atoms with Crippen LogP contribution in [0.4, 0.5) is 0 Å². The molecule has 0 aliphatic carbocycles. The first-order valence-corrected chi connectivity index (χ1v) is 6.27. The third-order valence-electron chi connectivity index (χ3n) is 4.18. The van der Waals surface area contributed by atoms with Crippen molar-refractivity contribution in [3.63, 3.8) is 0 Å². The van der Waals surface area contributed by atoms with E-state index in [-0.39, 0.29) is 5.54 Å². The third-order valence-corrected chi connectivity index (χ3v) is 4.43. The van der Waals surface area contributed by atoms with Crippen LogP contribution in [0.3, 0.4) is 0 Å². The van der Waals surface area contributed by atoms with Gasteiger partial charge in [-0.15, -0.1) is 0 Å². The number of hydrogen-bond acceptors (Lipinski definition) is 1. The lowest BCUT2D eigenvalue weighted by Gasteiger charge is -2.39. The van der Waals surface area contributed by atoms with E-state index in [9.17, 15) is 0 Å². The number of hydrogen-bond donors (Lipinski definition) is 0. The summed E-state index contributed by atoms with van der Waals surface area (Å²) in [7, 11) is 2.25. The van der Waals surface area contributed by atoms with Crippen LogP contribution >= 0.6 is 11.6 Å². The van der Waals surface area contributed by atoms with Crippen molar-refractivity contribution in [1.82, 2.24) is 4.90 Å². The Morgan fingerprint density at radius 2 is 2.06 bits per heavy atom. The predicted molar refractivity (Wildman–Crippen MR) is 67.7 cm³/mol. The number of nitrogens with zero attached hydrogens (tertiary/aromatic N) is 1. The van der Waals surface area contributed by atoms with Gasteiger partial charge in [0.15, 0.2) is 0 Å². The van der Waals surface area contributed by atoms with Crippen LogP contribution in [0.5, 0.6) is 0 Å². The van der Waals surface area contributed by atoms with Gasteiger partial charge < -0.3 is 0 Å². The van der Waals surface area contributed by atoms with Crippen LogP contribution in [0.15, 0.2) is 36.4 Å². The van der Waals surface area contributed by atoms with Crippen LogP contribution in [-0.2, 0) is 5.54 Å². The molecule has 2 atom stereocenters. The van der Waals surface area contributed by atoms with E-state index >= 15 is 0 Å². The van der Waals surface area contributed by atoms with E-state index in [0.717, 1.165) is 11.1 Å². The highest BCUT2D eigenvalue weighted by molar-refractivity contribution is 6.30. The Kier molecular flexibility index (Phi) is 2.34. The summed E-state index contributed by atoms with van der Waals surface area (Å²) >= 11 is 5.95. The minimum absolute atomic E-state index is 0.132. The van der Waals surface area contributed by atoms with E-state index in [0.29, 0.717) is 0 Å². The molecule has 0 saturated carbocycles. The van der Waals surface area contributed by atoms with Gasteiger partial charge in [-0.3, -0.25) is 4.90 Å². The molecule has 0 N–H and O–H groups in total. The molecule has 1 fully saturated rings. The van der Waals surface area contributed by atoms with Crippen molar-refractivity contribution in [2.75, 3.05) is 7.05 Å². The van der Waals surface area contributed by atoms with Gasteiger partial charge in [0.05, 0.1) is 5.54 Å². The highest BCUT2D eigenvalue weighted by Gasteiger charge is 2.44. The first-order chi connectivity index (χ1) is 7.72.